The van der Waals surface area contributed by atoms with Crippen molar-refractivity contribution >= 4 is 16.9 Å². The molecule has 2 aromatic heterocycles. The summed E-state index contributed by atoms with van der Waals surface area (Å²) in [4.78, 5) is 11.0. The van der Waals surface area contributed by atoms with E-state index in [0.717, 1.165) is 30.3 Å². The van der Waals surface area contributed by atoms with E-state index in [2.05, 4.69) is 32.1 Å². The summed E-state index contributed by atoms with van der Waals surface area (Å²) in [6.45, 7) is 3.26. The van der Waals surface area contributed by atoms with Gasteiger partial charge in [0.15, 0.2) is 0 Å². The third kappa shape index (κ3) is 2.63. The molecule has 3 heterocycles. The van der Waals surface area contributed by atoms with Gasteiger partial charge in [-0.25, -0.2) is 4.68 Å². The second-order valence-corrected chi connectivity index (χ2v) is 6.51. The van der Waals surface area contributed by atoms with E-state index in [1.165, 1.54) is 10.9 Å². The number of rotatable bonds is 3. The van der Waals surface area contributed by atoms with Gasteiger partial charge >= 0.3 is 0 Å². The summed E-state index contributed by atoms with van der Waals surface area (Å²) in [7, 11) is 1.89. The maximum absolute atomic E-state index is 10.5. The van der Waals surface area contributed by atoms with Crippen LogP contribution in [0.4, 0.5) is 5.95 Å². The summed E-state index contributed by atoms with van der Waals surface area (Å²) in [6.07, 6.45) is 2.31. The van der Waals surface area contributed by atoms with E-state index >= 15 is 0 Å². The van der Waals surface area contributed by atoms with Gasteiger partial charge in [-0.3, -0.25) is 4.98 Å². The van der Waals surface area contributed by atoms with Crippen molar-refractivity contribution in [1.82, 2.24) is 19.7 Å². The number of anilines is 1. The number of fused-ring (bicyclic) bond motifs is 1. The molecule has 0 unspecified atom stereocenters. The van der Waals surface area contributed by atoms with Crippen LogP contribution in [0.25, 0.3) is 10.9 Å². The first-order chi connectivity index (χ1) is 11.6. The fourth-order valence-corrected chi connectivity index (χ4v) is 3.61. The molecule has 4 rings (SSSR count). The van der Waals surface area contributed by atoms with Crippen LogP contribution in [0.3, 0.4) is 0 Å². The van der Waals surface area contributed by atoms with E-state index in [1.807, 2.05) is 38.4 Å². The van der Waals surface area contributed by atoms with Gasteiger partial charge < -0.3 is 10.0 Å². The molecule has 1 aliphatic rings. The smallest absolute Gasteiger partial charge is 0.223 e. The van der Waals surface area contributed by atoms with Crippen LogP contribution in [0.5, 0.6) is 0 Å². The number of nitrogens with zero attached hydrogens (tertiary/aromatic N) is 5. The van der Waals surface area contributed by atoms with Gasteiger partial charge in [0.2, 0.25) is 5.95 Å². The lowest BCUT2D eigenvalue weighted by Crippen LogP contribution is -2.24. The molecular weight excluding hydrogens is 302 g/mol. The largest absolute Gasteiger partial charge is 0.391 e. The summed E-state index contributed by atoms with van der Waals surface area (Å²) in [5.74, 6) is 1.76. The molecule has 0 radical (unpaired) electrons. The van der Waals surface area contributed by atoms with Crippen LogP contribution in [0.2, 0.25) is 0 Å². The number of hydrogen-bond donors (Lipinski definition) is 1. The summed E-state index contributed by atoms with van der Waals surface area (Å²) in [6, 6.07) is 10.2. The molecule has 0 aliphatic carbocycles. The standard InChI is InChI=1S/C18H21N5O/c1-12-20-18(22(2)21-12)23-10-14(17(24)11-23)9-13-7-8-19-16-6-4-3-5-15(13)16/h3-8,14,17,24H,9-11H2,1-2H3/t14-,17+/m1/s1. The Morgan fingerprint density at radius 3 is 2.83 bits per heavy atom. The highest BCUT2D eigenvalue weighted by Gasteiger charge is 2.33. The first-order valence-corrected chi connectivity index (χ1v) is 8.25. The van der Waals surface area contributed by atoms with Crippen molar-refractivity contribution in [2.24, 2.45) is 13.0 Å². The van der Waals surface area contributed by atoms with Gasteiger partial charge in [0, 0.05) is 37.6 Å². The molecular formula is C18H21N5O. The van der Waals surface area contributed by atoms with Crippen molar-refractivity contribution in [1.29, 1.82) is 0 Å². The summed E-state index contributed by atoms with van der Waals surface area (Å²) in [5.41, 5.74) is 2.24. The number of aromatic nitrogens is 4. The Morgan fingerprint density at radius 2 is 2.04 bits per heavy atom. The van der Waals surface area contributed by atoms with E-state index in [1.54, 1.807) is 4.68 Å². The van der Waals surface area contributed by atoms with Gasteiger partial charge in [-0.2, -0.15) is 10.1 Å². The van der Waals surface area contributed by atoms with Gasteiger partial charge in [0.05, 0.1) is 11.6 Å². The fraction of sp³-hybridized carbons (Fsp3) is 0.389. The zero-order valence-electron chi connectivity index (χ0n) is 13.9. The SMILES string of the molecule is Cc1nc(N2C[C@@H](Cc3ccnc4ccccc34)[C@@H](O)C2)n(C)n1. The summed E-state index contributed by atoms with van der Waals surface area (Å²) in [5, 5.41) is 16.0. The normalized spacial score (nSPS) is 20.9. The molecule has 6 nitrogen and oxygen atoms in total. The minimum Gasteiger partial charge on any atom is -0.391 e. The van der Waals surface area contributed by atoms with E-state index in [9.17, 15) is 5.11 Å². The van der Waals surface area contributed by atoms with Gasteiger partial charge in [-0.05, 0) is 31.0 Å². The molecule has 6 heteroatoms. The molecule has 1 aliphatic heterocycles. The number of aryl methyl sites for hydroxylation is 2. The number of aliphatic hydroxyl groups excluding tert-OH is 1. The van der Waals surface area contributed by atoms with Crippen LogP contribution < -0.4 is 4.90 Å². The molecule has 0 bridgehead atoms. The van der Waals surface area contributed by atoms with Gasteiger partial charge in [0.1, 0.15) is 5.82 Å². The molecule has 1 fully saturated rings. The van der Waals surface area contributed by atoms with E-state index in [4.69, 9.17) is 0 Å². The Bertz CT molecular complexity index is 869. The zero-order chi connectivity index (χ0) is 16.7. The minimum absolute atomic E-state index is 0.174. The fourth-order valence-electron chi connectivity index (χ4n) is 3.61. The van der Waals surface area contributed by atoms with Crippen LogP contribution in [0, 0.1) is 12.8 Å². The molecule has 0 saturated carbocycles. The van der Waals surface area contributed by atoms with Gasteiger partial charge in [0.25, 0.3) is 0 Å². The second kappa shape index (κ2) is 5.87. The number of β-amino-alcohol motifs (C(OH)–C–C–N with tert-alkyl or cyclic N) is 1. The third-order valence-corrected chi connectivity index (χ3v) is 4.76. The molecule has 1 saturated heterocycles. The molecule has 0 spiro atoms. The Balaban J connectivity index is 1.58. The topological polar surface area (TPSA) is 67.1 Å². The quantitative estimate of drug-likeness (QED) is 0.795. The average Bonchev–Trinajstić information content (AvgIpc) is 3.10. The van der Waals surface area contributed by atoms with Crippen molar-refractivity contribution in [3.8, 4) is 0 Å². The number of aliphatic hydroxyl groups is 1. The van der Waals surface area contributed by atoms with Crippen molar-refractivity contribution in [2.75, 3.05) is 18.0 Å². The van der Waals surface area contributed by atoms with E-state index in [0.29, 0.717) is 6.54 Å². The van der Waals surface area contributed by atoms with E-state index < -0.39 is 0 Å². The number of para-hydroxylation sites is 1. The van der Waals surface area contributed by atoms with E-state index in [-0.39, 0.29) is 12.0 Å². The minimum atomic E-state index is -0.367. The highest BCUT2D eigenvalue weighted by Crippen LogP contribution is 2.27. The third-order valence-electron chi connectivity index (χ3n) is 4.76. The van der Waals surface area contributed by atoms with Crippen LogP contribution >= 0.6 is 0 Å². The van der Waals surface area contributed by atoms with Crippen LogP contribution in [0.15, 0.2) is 36.5 Å². The lowest BCUT2D eigenvalue weighted by molar-refractivity contribution is 0.148. The number of hydrogen-bond acceptors (Lipinski definition) is 5. The average molecular weight is 323 g/mol. The number of benzene rings is 1. The zero-order valence-corrected chi connectivity index (χ0v) is 13.9. The molecule has 2 atom stereocenters. The van der Waals surface area contributed by atoms with Crippen LogP contribution in [-0.4, -0.2) is 44.0 Å². The van der Waals surface area contributed by atoms with Crippen LogP contribution in [0.1, 0.15) is 11.4 Å². The van der Waals surface area contributed by atoms with Gasteiger partial charge in [-0.15, -0.1) is 0 Å². The molecule has 3 aromatic rings. The second-order valence-electron chi connectivity index (χ2n) is 6.51. The molecule has 0 amide bonds. The lowest BCUT2D eigenvalue weighted by Gasteiger charge is -2.16. The summed E-state index contributed by atoms with van der Waals surface area (Å²) >= 11 is 0. The van der Waals surface area contributed by atoms with Crippen molar-refractivity contribution in [3.05, 3.63) is 47.9 Å². The summed E-state index contributed by atoms with van der Waals surface area (Å²) < 4.78 is 1.78. The first kappa shape index (κ1) is 15.1. The van der Waals surface area contributed by atoms with Crippen molar-refractivity contribution in [3.63, 3.8) is 0 Å². The predicted octanol–water partition coefficient (Wildman–Crippen LogP) is 1.71. The van der Waals surface area contributed by atoms with Crippen molar-refractivity contribution < 1.29 is 5.11 Å². The Hall–Kier alpha value is -2.47. The Labute approximate surface area is 140 Å². The highest BCUT2D eigenvalue weighted by molar-refractivity contribution is 5.81. The Morgan fingerprint density at radius 1 is 1.21 bits per heavy atom. The highest BCUT2D eigenvalue weighted by atomic mass is 16.3. The van der Waals surface area contributed by atoms with Crippen LogP contribution in [-0.2, 0) is 13.5 Å². The monoisotopic (exact) mass is 323 g/mol. The molecule has 124 valence electrons. The maximum atomic E-state index is 10.5. The van der Waals surface area contributed by atoms with Gasteiger partial charge in [-0.1, -0.05) is 18.2 Å². The molecule has 1 N–H and O–H groups in total. The Kier molecular flexibility index (Phi) is 3.69. The van der Waals surface area contributed by atoms with Crippen molar-refractivity contribution in [2.45, 2.75) is 19.4 Å². The first-order valence-electron chi connectivity index (χ1n) is 8.25. The molecule has 1 aromatic carbocycles. The lowest BCUT2D eigenvalue weighted by atomic mass is 9.94. The number of pyridine rings is 1. The molecule has 24 heavy (non-hydrogen) atoms. The predicted molar refractivity (Wildman–Crippen MR) is 92.9 cm³/mol. The maximum Gasteiger partial charge on any atom is 0.223 e.